The average Bonchev–Trinajstić information content (AvgIpc) is 3.66. The van der Waals surface area contributed by atoms with Crippen molar-refractivity contribution < 1.29 is 14.3 Å². The van der Waals surface area contributed by atoms with E-state index in [1.807, 2.05) is 72.8 Å². The van der Waals surface area contributed by atoms with E-state index in [1.165, 1.54) is 29.9 Å². The minimum absolute atomic E-state index is 0.202. The van der Waals surface area contributed by atoms with Gasteiger partial charge in [0, 0.05) is 24.3 Å². The van der Waals surface area contributed by atoms with Gasteiger partial charge in [0.25, 0.3) is 5.56 Å². The first-order valence-electron chi connectivity index (χ1n) is 13.8. The second-order valence-corrected chi connectivity index (χ2v) is 11.0. The third-order valence-corrected chi connectivity index (χ3v) is 8.45. The Bertz CT molecular complexity index is 1770. The summed E-state index contributed by atoms with van der Waals surface area (Å²) in [6.07, 6.45) is 4.34. The van der Waals surface area contributed by atoms with E-state index in [4.69, 9.17) is 14.5 Å². The molecule has 1 fully saturated rings. The SMILES string of the molecule is CCOC(=O)C1=C(c2ccccc2)N=c2s/c(=C/c3ccc(N4CCCC4)cc3)c(=O)n2[C@H]1c1ccc(OC)cc1. The van der Waals surface area contributed by atoms with Crippen molar-refractivity contribution in [1.82, 2.24) is 4.57 Å². The molecular formula is C33H31N3O4S. The Balaban J connectivity index is 1.54. The molecule has 4 aromatic rings. The lowest BCUT2D eigenvalue weighted by Gasteiger charge is -2.26. The van der Waals surface area contributed by atoms with Crippen LogP contribution < -0.4 is 24.5 Å². The van der Waals surface area contributed by atoms with Crippen molar-refractivity contribution in [2.24, 2.45) is 4.99 Å². The number of ether oxygens (including phenoxy) is 2. The standard InChI is InChI=1S/C33H31N3O4S/c1-3-40-32(38)28-29(23-9-5-4-6-10-23)34-33-36(30(28)24-13-17-26(39-2)18-14-24)31(37)27(41-33)21-22-11-15-25(16-12-22)35-19-7-8-20-35/h4-6,9-18,21,30H,3,7-8,19-20H2,1-2H3/b27-21+/t30-/m0/s1. The summed E-state index contributed by atoms with van der Waals surface area (Å²) in [7, 11) is 1.60. The quantitative estimate of drug-likeness (QED) is 0.308. The molecule has 8 heteroatoms. The molecule has 0 amide bonds. The van der Waals surface area contributed by atoms with Crippen LogP contribution in [0.5, 0.6) is 5.75 Å². The lowest BCUT2D eigenvalue weighted by molar-refractivity contribution is -0.138. The first kappa shape index (κ1) is 26.8. The predicted molar refractivity (Wildman–Crippen MR) is 162 cm³/mol. The van der Waals surface area contributed by atoms with Crippen molar-refractivity contribution in [2.45, 2.75) is 25.8 Å². The van der Waals surface area contributed by atoms with Crippen LogP contribution in [0.2, 0.25) is 0 Å². The molecule has 0 aliphatic carbocycles. The summed E-state index contributed by atoms with van der Waals surface area (Å²) < 4.78 is 13.1. The van der Waals surface area contributed by atoms with E-state index >= 15 is 0 Å². The predicted octanol–water partition coefficient (Wildman–Crippen LogP) is 4.54. The number of hydrogen-bond acceptors (Lipinski definition) is 7. The summed E-state index contributed by atoms with van der Waals surface area (Å²) in [5.74, 6) is 0.186. The Hall–Kier alpha value is -4.43. The number of nitrogens with zero attached hydrogens (tertiary/aromatic N) is 3. The van der Waals surface area contributed by atoms with Crippen LogP contribution in [0.25, 0.3) is 11.8 Å². The van der Waals surface area contributed by atoms with Crippen LogP contribution in [0.15, 0.2) is 94.2 Å². The smallest absolute Gasteiger partial charge is 0.338 e. The molecule has 1 atom stereocenters. The van der Waals surface area contributed by atoms with Gasteiger partial charge in [0.2, 0.25) is 0 Å². The minimum Gasteiger partial charge on any atom is -0.497 e. The van der Waals surface area contributed by atoms with Crippen LogP contribution in [0.3, 0.4) is 0 Å². The van der Waals surface area contributed by atoms with Gasteiger partial charge in [-0.05, 0) is 61.2 Å². The number of thiazole rings is 1. The fourth-order valence-corrected chi connectivity index (χ4v) is 6.45. The van der Waals surface area contributed by atoms with E-state index in [1.54, 1.807) is 18.6 Å². The first-order chi connectivity index (χ1) is 20.1. The van der Waals surface area contributed by atoms with Crippen LogP contribution in [0.1, 0.15) is 42.5 Å². The van der Waals surface area contributed by atoms with Gasteiger partial charge >= 0.3 is 5.97 Å². The van der Waals surface area contributed by atoms with Gasteiger partial charge in [-0.15, -0.1) is 0 Å². The fourth-order valence-electron chi connectivity index (χ4n) is 5.45. The summed E-state index contributed by atoms with van der Waals surface area (Å²) in [6.45, 7) is 4.14. The Morgan fingerprint density at radius 2 is 1.71 bits per heavy atom. The summed E-state index contributed by atoms with van der Waals surface area (Å²) in [5.41, 5.74) is 4.32. The molecular weight excluding hydrogens is 534 g/mol. The molecule has 0 saturated carbocycles. The van der Waals surface area contributed by atoms with Crippen molar-refractivity contribution in [3.05, 3.63) is 121 Å². The highest BCUT2D eigenvalue weighted by Crippen LogP contribution is 2.35. The Morgan fingerprint density at radius 3 is 2.37 bits per heavy atom. The van der Waals surface area contributed by atoms with Gasteiger partial charge < -0.3 is 14.4 Å². The van der Waals surface area contributed by atoms with E-state index < -0.39 is 12.0 Å². The number of methoxy groups -OCH3 is 1. The topological polar surface area (TPSA) is 73.1 Å². The van der Waals surface area contributed by atoms with Crippen molar-refractivity contribution in [1.29, 1.82) is 0 Å². The van der Waals surface area contributed by atoms with E-state index in [0.29, 0.717) is 26.4 Å². The summed E-state index contributed by atoms with van der Waals surface area (Å²) in [6, 6.07) is 24.6. The van der Waals surface area contributed by atoms with Gasteiger partial charge in [-0.1, -0.05) is 65.9 Å². The molecule has 208 valence electrons. The van der Waals surface area contributed by atoms with Gasteiger partial charge in [-0.3, -0.25) is 9.36 Å². The van der Waals surface area contributed by atoms with Gasteiger partial charge in [0.1, 0.15) is 5.75 Å². The second-order valence-electron chi connectivity index (χ2n) is 9.99. The zero-order valence-electron chi connectivity index (χ0n) is 23.1. The van der Waals surface area contributed by atoms with Crippen molar-refractivity contribution in [3.8, 4) is 5.75 Å². The second kappa shape index (κ2) is 11.6. The molecule has 2 aliphatic heterocycles. The number of esters is 1. The lowest BCUT2D eigenvalue weighted by atomic mass is 9.93. The first-order valence-corrected chi connectivity index (χ1v) is 14.7. The van der Waals surface area contributed by atoms with Gasteiger partial charge in [0.15, 0.2) is 4.80 Å². The van der Waals surface area contributed by atoms with E-state index in [0.717, 1.165) is 29.8 Å². The Morgan fingerprint density at radius 1 is 1.00 bits per heavy atom. The fraction of sp³-hybridized carbons (Fsp3) is 0.242. The molecule has 0 bridgehead atoms. The molecule has 2 aliphatic rings. The summed E-state index contributed by atoms with van der Waals surface area (Å²) >= 11 is 1.32. The molecule has 0 unspecified atom stereocenters. The third-order valence-electron chi connectivity index (χ3n) is 7.47. The number of anilines is 1. The van der Waals surface area contributed by atoms with Gasteiger partial charge in [0.05, 0.1) is 35.6 Å². The van der Waals surface area contributed by atoms with E-state index in [9.17, 15) is 9.59 Å². The molecule has 0 N–H and O–H groups in total. The molecule has 1 saturated heterocycles. The van der Waals surface area contributed by atoms with Crippen LogP contribution in [-0.2, 0) is 9.53 Å². The Kier molecular flexibility index (Phi) is 7.57. The molecule has 41 heavy (non-hydrogen) atoms. The Labute approximate surface area is 242 Å². The normalized spacial score (nSPS) is 16.9. The maximum atomic E-state index is 14.0. The lowest BCUT2D eigenvalue weighted by Crippen LogP contribution is -2.40. The monoisotopic (exact) mass is 565 g/mol. The largest absolute Gasteiger partial charge is 0.497 e. The molecule has 0 radical (unpaired) electrons. The third kappa shape index (κ3) is 5.23. The number of benzene rings is 3. The maximum Gasteiger partial charge on any atom is 0.338 e. The maximum absolute atomic E-state index is 14.0. The van der Waals surface area contributed by atoms with Crippen molar-refractivity contribution >= 4 is 34.8 Å². The number of rotatable bonds is 7. The molecule has 3 aromatic carbocycles. The van der Waals surface area contributed by atoms with Gasteiger partial charge in [-0.25, -0.2) is 9.79 Å². The highest BCUT2D eigenvalue weighted by Gasteiger charge is 2.35. The summed E-state index contributed by atoms with van der Waals surface area (Å²) in [5, 5.41) is 0. The zero-order chi connectivity index (χ0) is 28.3. The highest BCUT2D eigenvalue weighted by molar-refractivity contribution is 7.07. The zero-order valence-corrected chi connectivity index (χ0v) is 23.9. The van der Waals surface area contributed by atoms with Crippen LogP contribution in [0, 0.1) is 0 Å². The van der Waals surface area contributed by atoms with E-state index in [-0.39, 0.29) is 12.2 Å². The average molecular weight is 566 g/mol. The highest BCUT2D eigenvalue weighted by atomic mass is 32.1. The minimum atomic E-state index is -0.717. The number of carbonyl (C=O) groups is 1. The van der Waals surface area contributed by atoms with Crippen molar-refractivity contribution in [2.75, 3.05) is 31.7 Å². The molecule has 6 rings (SSSR count). The van der Waals surface area contributed by atoms with Gasteiger partial charge in [-0.2, -0.15) is 0 Å². The molecule has 3 heterocycles. The van der Waals surface area contributed by atoms with Crippen LogP contribution in [0.4, 0.5) is 5.69 Å². The molecule has 1 aromatic heterocycles. The van der Waals surface area contributed by atoms with Crippen molar-refractivity contribution in [3.63, 3.8) is 0 Å². The summed E-state index contributed by atoms with van der Waals surface area (Å²) in [4.78, 5) is 35.4. The number of carbonyl (C=O) groups excluding carboxylic acids is 1. The van der Waals surface area contributed by atoms with Crippen LogP contribution >= 0.6 is 11.3 Å². The number of hydrogen-bond donors (Lipinski definition) is 0. The number of fused-ring (bicyclic) bond motifs is 1. The van der Waals surface area contributed by atoms with E-state index in [2.05, 4.69) is 17.0 Å². The molecule has 0 spiro atoms. The van der Waals surface area contributed by atoms with Crippen LogP contribution in [-0.4, -0.2) is 37.3 Å². The molecule has 7 nitrogen and oxygen atoms in total. The number of aromatic nitrogens is 1.